The van der Waals surface area contributed by atoms with Crippen LogP contribution in [-0.2, 0) is 0 Å². The maximum atomic E-state index is 8.24. The van der Waals surface area contributed by atoms with Crippen LogP contribution in [0.3, 0.4) is 0 Å². The molecule has 0 radical (unpaired) electrons. The third-order valence-corrected chi connectivity index (χ3v) is 2.77. The molecule has 0 saturated carbocycles. The topological polar surface area (TPSA) is 47.6 Å². The first-order valence-corrected chi connectivity index (χ1v) is 3.67. The minimum Gasteiger partial charge on any atom is -0.196 e. The van der Waals surface area contributed by atoms with Gasteiger partial charge in [-0.25, -0.2) is 0 Å². The van der Waals surface area contributed by atoms with Crippen LogP contribution in [0.2, 0.25) is 0 Å². The van der Waals surface area contributed by atoms with Gasteiger partial charge in [0.2, 0.25) is 4.32 Å². The van der Waals surface area contributed by atoms with Crippen molar-refractivity contribution in [3.05, 3.63) is 0 Å². The third kappa shape index (κ3) is 1.81. The molecule has 0 aromatic rings. The molecule has 0 aromatic carbocycles. The monoisotopic (exact) mass is 236 g/mol. The van der Waals surface area contributed by atoms with Crippen molar-refractivity contribution in [1.29, 1.82) is 10.5 Å². The third-order valence-electron chi connectivity index (χ3n) is 0.539. The predicted octanol–water partition coefficient (Wildman–Crippen LogP) is 1.56. The Morgan fingerprint density at radius 2 is 1.75 bits per heavy atom. The fourth-order valence-corrected chi connectivity index (χ4v) is 0.336. The van der Waals surface area contributed by atoms with Gasteiger partial charge in [-0.3, -0.25) is 0 Å². The van der Waals surface area contributed by atoms with E-state index in [4.69, 9.17) is 10.5 Å². The Kier molecular flexibility index (Phi) is 3.04. The first-order valence-electron chi connectivity index (χ1n) is 1.76. The molecule has 0 bridgehead atoms. The van der Waals surface area contributed by atoms with Crippen LogP contribution in [0.4, 0.5) is 0 Å². The Hall–Kier alpha value is -0.0600. The molecule has 0 N–H and O–H groups in total. The first-order chi connectivity index (χ1) is 3.68. The standard InChI is InChI=1S/C4H2Br2N2/c5-1-4(6,2-7)3-8/h1H2. The fraction of sp³-hybridized carbons (Fsp3) is 0.500. The van der Waals surface area contributed by atoms with E-state index in [1.165, 1.54) is 0 Å². The highest BCUT2D eigenvalue weighted by atomic mass is 79.9. The van der Waals surface area contributed by atoms with Crippen LogP contribution < -0.4 is 0 Å². The first kappa shape index (κ1) is 7.94. The summed E-state index contributed by atoms with van der Waals surface area (Å²) in [5, 5.41) is 16.8. The highest BCUT2D eigenvalue weighted by molar-refractivity contribution is 9.12. The van der Waals surface area contributed by atoms with E-state index in [1.807, 2.05) is 0 Å². The van der Waals surface area contributed by atoms with Crippen molar-refractivity contribution >= 4 is 31.9 Å². The van der Waals surface area contributed by atoms with E-state index in [1.54, 1.807) is 12.1 Å². The number of alkyl halides is 2. The van der Waals surface area contributed by atoms with Gasteiger partial charge < -0.3 is 0 Å². The van der Waals surface area contributed by atoms with Crippen LogP contribution in [0, 0.1) is 22.7 Å². The molecule has 0 amide bonds. The molecule has 4 heteroatoms. The molecule has 0 rings (SSSR count). The summed E-state index contributed by atoms with van der Waals surface area (Å²) < 4.78 is -1.03. The Morgan fingerprint density at radius 3 is 1.75 bits per heavy atom. The van der Waals surface area contributed by atoms with Gasteiger partial charge >= 0.3 is 0 Å². The molecule has 0 aliphatic heterocycles. The molecule has 0 spiro atoms. The number of rotatable bonds is 1. The summed E-state index contributed by atoms with van der Waals surface area (Å²) in [5.41, 5.74) is 0. The summed E-state index contributed by atoms with van der Waals surface area (Å²) in [5.74, 6) is 0. The molecule has 2 nitrogen and oxygen atoms in total. The van der Waals surface area contributed by atoms with Crippen molar-refractivity contribution in [2.24, 2.45) is 0 Å². The molecule has 0 saturated heterocycles. The lowest BCUT2D eigenvalue weighted by Gasteiger charge is -2.00. The molecule has 0 aliphatic carbocycles. The second-order valence-corrected chi connectivity index (χ2v) is 3.07. The van der Waals surface area contributed by atoms with E-state index in [0.717, 1.165) is 0 Å². The summed E-state index contributed by atoms with van der Waals surface area (Å²) >= 11 is 5.91. The predicted molar refractivity (Wildman–Crippen MR) is 36.7 cm³/mol. The van der Waals surface area contributed by atoms with E-state index in [2.05, 4.69) is 31.9 Å². The van der Waals surface area contributed by atoms with Crippen molar-refractivity contribution in [3.8, 4) is 12.1 Å². The highest BCUT2D eigenvalue weighted by Gasteiger charge is 2.23. The molecular formula is C4H2Br2N2. The molecular weight excluding hydrogens is 236 g/mol. The summed E-state index contributed by atoms with van der Waals surface area (Å²) in [7, 11) is 0. The van der Waals surface area contributed by atoms with Crippen molar-refractivity contribution in [1.82, 2.24) is 0 Å². The molecule has 8 heavy (non-hydrogen) atoms. The van der Waals surface area contributed by atoms with E-state index >= 15 is 0 Å². The summed E-state index contributed by atoms with van der Waals surface area (Å²) in [6, 6.07) is 3.57. The zero-order valence-electron chi connectivity index (χ0n) is 3.86. The van der Waals surface area contributed by atoms with Crippen molar-refractivity contribution in [3.63, 3.8) is 0 Å². The zero-order chi connectivity index (χ0) is 6.62. The van der Waals surface area contributed by atoms with Crippen molar-refractivity contribution < 1.29 is 0 Å². The normalized spacial score (nSPS) is 9.50. The van der Waals surface area contributed by atoms with Crippen LogP contribution in [0.25, 0.3) is 0 Å². The van der Waals surface area contributed by atoms with Gasteiger partial charge in [-0.2, -0.15) is 10.5 Å². The Morgan fingerprint density at radius 1 is 1.38 bits per heavy atom. The van der Waals surface area contributed by atoms with Gasteiger partial charge in [0.25, 0.3) is 0 Å². The molecule has 0 aliphatic rings. The number of hydrogen-bond acceptors (Lipinski definition) is 2. The Labute approximate surface area is 64.4 Å². The maximum Gasteiger partial charge on any atom is 0.207 e. The molecule has 0 aromatic heterocycles. The van der Waals surface area contributed by atoms with E-state index in [9.17, 15) is 0 Å². The molecule has 0 atom stereocenters. The summed E-state index contributed by atoms with van der Waals surface area (Å²) in [6.07, 6.45) is 0. The van der Waals surface area contributed by atoms with Crippen LogP contribution in [0.5, 0.6) is 0 Å². The van der Waals surface area contributed by atoms with E-state index < -0.39 is 4.32 Å². The fourth-order valence-electron chi connectivity index (χ4n) is 0.0848. The second kappa shape index (κ2) is 3.06. The lowest BCUT2D eigenvalue weighted by Crippen LogP contribution is -2.15. The van der Waals surface area contributed by atoms with Crippen LogP contribution in [0.15, 0.2) is 0 Å². The van der Waals surface area contributed by atoms with Crippen LogP contribution in [0.1, 0.15) is 0 Å². The van der Waals surface area contributed by atoms with Gasteiger partial charge in [-0.05, 0) is 0 Å². The van der Waals surface area contributed by atoms with E-state index in [0.29, 0.717) is 5.33 Å². The largest absolute Gasteiger partial charge is 0.207 e. The lowest BCUT2D eigenvalue weighted by atomic mass is 10.2. The van der Waals surface area contributed by atoms with Gasteiger partial charge in [0.1, 0.15) is 0 Å². The van der Waals surface area contributed by atoms with Crippen LogP contribution in [-0.4, -0.2) is 9.65 Å². The number of halogens is 2. The smallest absolute Gasteiger partial charge is 0.196 e. The second-order valence-electron chi connectivity index (χ2n) is 1.16. The minimum absolute atomic E-state index is 0.326. The summed E-state index contributed by atoms with van der Waals surface area (Å²) in [4.78, 5) is 0. The zero-order valence-corrected chi connectivity index (χ0v) is 7.03. The van der Waals surface area contributed by atoms with Gasteiger partial charge in [0.15, 0.2) is 0 Å². The number of hydrogen-bond donors (Lipinski definition) is 0. The van der Waals surface area contributed by atoms with Gasteiger partial charge in [-0.1, -0.05) is 31.9 Å². The Bertz CT molecular complexity index is 138. The van der Waals surface area contributed by atoms with Crippen molar-refractivity contribution in [2.45, 2.75) is 4.32 Å². The van der Waals surface area contributed by atoms with Crippen LogP contribution >= 0.6 is 31.9 Å². The molecule has 0 fully saturated rings. The maximum absolute atomic E-state index is 8.24. The SMILES string of the molecule is N#CC(Br)(C#N)CBr. The van der Waals surface area contributed by atoms with E-state index in [-0.39, 0.29) is 0 Å². The Balaban J connectivity index is 4.11. The minimum atomic E-state index is -1.03. The average molecular weight is 238 g/mol. The molecule has 0 unspecified atom stereocenters. The number of nitriles is 2. The van der Waals surface area contributed by atoms with Gasteiger partial charge in [0.05, 0.1) is 12.1 Å². The average Bonchev–Trinajstić information content (AvgIpc) is 1.87. The summed E-state index contributed by atoms with van der Waals surface area (Å²) in [6.45, 7) is 0. The van der Waals surface area contributed by atoms with Gasteiger partial charge in [0, 0.05) is 5.33 Å². The molecule has 42 valence electrons. The number of nitrogens with zero attached hydrogens (tertiary/aromatic N) is 2. The highest BCUT2D eigenvalue weighted by Crippen LogP contribution is 2.17. The quantitative estimate of drug-likeness (QED) is 0.650. The lowest BCUT2D eigenvalue weighted by molar-refractivity contribution is 1.08. The van der Waals surface area contributed by atoms with Crippen molar-refractivity contribution in [2.75, 3.05) is 5.33 Å². The van der Waals surface area contributed by atoms with Gasteiger partial charge in [-0.15, -0.1) is 0 Å². The molecule has 0 heterocycles.